The fourth-order valence-corrected chi connectivity index (χ4v) is 4.43. The van der Waals surface area contributed by atoms with Crippen LogP contribution in [-0.4, -0.2) is 30.2 Å². The van der Waals surface area contributed by atoms with Crippen molar-refractivity contribution >= 4 is 44.2 Å². The number of sulfonamides is 1. The van der Waals surface area contributed by atoms with Crippen LogP contribution in [0.5, 0.6) is 0 Å². The van der Waals surface area contributed by atoms with Gasteiger partial charge in [0, 0.05) is 12.8 Å². The van der Waals surface area contributed by atoms with Crippen LogP contribution in [-0.2, 0) is 19.6 Å². The summed E-state index contributed by atoms with van der Waals surface area (Å²) in [6, 6.07) is 8.51. The number of H-pyrrole nitrogens is 2. The minimum absolute atomic E-state index is 0.117. The SMILES string of the molecule is Cc1c(NS(=O)(=O)c2ccc3[nH]c(=O)c(=O)[nH]c3c2)cccc1N1C(=O)CCC1=O. The Balaban J connectivity index is 1.73. The fraction of sp³-hybridized carbons (Fsp3) is 0.158. The Morgan fingerprint density at radius 1 is 0.900 bits per heavy atom. The average Bonchev–Trinajstić information content (AvgIpc) is 3.02. The third-order valence-electron chi connectivity index (χ3n) is 4.85. The third-order valence-corrected chi connectivity index (χ3v) is 6.21. The molecule has 0 atom stereocenters. The number of carbonyl (C=O) groups is 2. The second-order valence-corrected chi connectivity index (χ2v) is 8.48. The zero-order valence-corrected chi connectivity index (χ0v) is 16.5. The van der Waals surface area contributed by atoms with Crippen LogP contribution in [0.3, 0.4) is 0 Å². The summed E-state index contributed by atoms with van der Waals surface area (Å²) in [5.74, 6) is -0.675. The second kappa shape index (κ2) is 6.95. The van der Waals surface area contributed by atoms with Gasteiger partial charge in [-0.2, -0.15) is 0 Å². The number of rotatable bonds is 4. The van der Waals surface area contributed by atoms with Gasteiger partial charge in [-0.05, 0) is 42.8 Å². The van der Waals surface area contributed by atoms with Crippen molar-refractivity contribution in [2.24, 2.45) is 0 Å². The highest BCUT2D eigenvalue weighted by atomic mass is 32.2. The first-order valence-corrected chi connectivity index (χ1v) is 10.4. The number of nitrogens with zero attached hydrogens (tertiary/aromatic N) is 1. The van der Waals surface area contributed by atoms with Crippen LogP contribution >= 0.6 is 0 Å². The van der Waals surface area contributed by atoms with Gasteiger partial charge in [-0.1, -0.05) is 6.07 Å². The Morgan fingerprint density at radius 2 is 1.53 bits per heavy atom. The van der Waals surface area contributed by atoms with Crippen LogP contribution < -0.4 is 20.7 Å². The van der Waals surface area contributed by atoms with Crippen molar-refractivity contribution in [2.75, 3.05) is 9.62 Å². The molecule has 1 aliphatic heterocycles. The first-order valence-electron chi connectivity index (χ1n) is 8.92. The quantitative estimate of drug-likeness (QED) is 0.416. The number of aromatic amines is 2. The summed E-state index contributed by atoms with van der Waals surface area (Å²) in [6.07, 6.45) is 0.233. The fourth-order valence-electron chi connectivity index (χ4n) is 3.29. The van der Waals surface area contributed by atoms with Crippen molar-refractivity contribution in [3.8, 4) is 0 Å². The minimum atomic E-state index is -4.07. The number of aromatic nitrogens is 2. The Bertz CT molecular complexity index is 1420. The molecule has 1 fully saturated rings. The number of hydrogen-bond acceptors (Lipinski definition) is 6. The summed E-state index contributed by atoms with van der Waals surface area (Å²) in [7, 11) is -4.07. The Labute approximate surface area is 169 Å². The molecular weight excluding hydrogens is 412 g/mol. The normalized spacial score (nSPS) is 14.5. The van der Waals surface area contributed by atoms with Crippen molar-refractivity contribution in [1.29, 1.82) is 0 Å². The van der Waals surface area contributed by atoms with Gasteiger partial charge in [0.25, 0.3) is 10.0 Å². The molecule has 0 saturated carbocycles. The Kier molecular flexibility index (Phi) is 4.54. The molecule has 154 valence electrons. The van der Waals surface area contributed by atoms with Gasteiger partial charge in [-0.3, -0.25) is 28.8 Å². The molecule has 10 nitrogen and oxygen atoms in total. The lowest BCUT2D eigenvalue weighted by Crippen LogP contribution is -2.29. The van der Waals surface area contributed by atoms with Gasteiger partial charge in [0.15, 0.2) is 0 Å². The summed E-state index contributed by atoms with van der Waals surface area (Å²) in [4.78, 5) is 52.6. The van der Waals surface area contributed by atoms with Gasteiger partial charge in [-0.15, -0.1) is 0 Å². The first kappa shape index (κ1) is 19.6. The highest BCUT2D eigenvalue weighted by molar-refractivity contribution is 7.92. The monoisotopic (exact) mass is 428 g/mol. The van der Waals surface area contributed by atoms with Gasteiger partial charge in [0.05, 0.1) is 27.3 Å². The summed E-state index contributed by atoms with van der Waals surface area (Å²) in [5.41, 5.74) is -0.353. The molecule has 0 aliphatic carbocycles. The summed E-state index contributed by atoms with van der Waals surface area (Å²) in [5, 5.41) is 0. The lowest BCUT2D eigenvalue weighted by Gasteiger charge is -2.19. The van der Waals surface area contributed by atoms with E-state index in [4.69, 9.17) is 0 Å². The molecule has 0 spiro atoms. The Morgan fingerprint density at radius 3 is 2.20 bits per heavy atom. The van der Waals surface area contributed by atoms with E-state index in [1.54, 1.807) is 19.1 Å². The van der Waals surface area contributed by atoms with Crippen LogP contribution in [0, 0.1) is 6.92 Å². The second-order valence-electron chi connectivity index (χ2n) is 6.79. The highest BCUT2D eigenvalue weighted by Crippen LogP contribution is 2.31. The van der Waals surface area contributed by atoms with Crippen molar-refractivity contribution in [2.45, 2.75) is 24.7 Å². The average molecular weight is 428 g/mol. The third kappa shape index (κ3) is 3.28. The van der Waals surface area contributed by atoms with Gasteiger partial charge < -0.3 is 9.97 Å². The zero-order chi connectivity index (χ0) is 21.6. The van der Waals surface area contributed by atoms with Gasteiger partial charge in [-0.25, -0.2) is 8.42 Å². The summed E-state index contributed by atoms with van der Waals surface area (Å²) in [6.45, 7) is 1.61. The minimum Gasteiger partial charge on any atom is -0.316 e. The van der Waals surface area contributed by atoms with Crippen LogP contribution in [0.2, 0.25) is 0 Å². The van der Waals surface area contributed by atoms with E-state index in [9.17, 15) is 27.6 Å². The zero-order valence-electron chi connectivity index (χ0n) is 15.7. The molecule has 0 unspecified atom stereocenters. The number of hydrogen-bond donors (Lipinski definition) is 3. The van der Waals surface area contributed by atoms with E-state index >= 15 is 0 Å². The van der Waals surface area contributed by atoms with Crippen LogP contribution in [0.4, 0.5) is 11.4 Å². The topological polar surface area (TPSA) is 149 Å². The van der Waals surface area contributed by atoms with E-state index in [-0.39, 0.29) is 46.3 Å². The highest BCUT2D eigenvalue weighted by Gasteiger charge is 2.32. The molecule has 1 aliphatic rings. The molecule has 2 heterocycles. The van der Waals surface area contributed by atoms with Crippen LogP contribution in [0.25, 0.3) is 11.0 Å². The Hall–Kier alpha value is -3.73. The van der Waals surface area contributed by atoms with Gasteiger partial charge in [0.1, 0.15) is 0 Å². The lowest BCUT2D eigenvalue weighted by molar-refractivity contribution is -0.121. The van der Waals surface area contributed by atoms with Crippen molar-refractivity contribution in [1.82, 2.24) is 9.97 Å². The molecule has 0 radical (unpaired) electrons. The molecular formula is C19H16N4O6S. The molecule has 30 heavy (non-hydrogen) atoms. The van der Waals surface area contributed by atoms with Crippen molar-refractivity contribution in [3.05, 3.63) is 62.7 Å². The summed E-state index contributed by atoms with van der Waals surface area (Å²) < 4.78 is 28.2. The standard InChI is InChI=1S/C19H16N4O6S/c1-10-12(3-2-4-15(10)23-16(24)7-8-17(23)25)22-30(28,29)11-5-6-13-14(9-11)21-19(27)18(26)20-13/h2-6,9,22H,7-8H2,1H3,(H,20,26)(H,21,27). The number of benzene rings is 2. The van der Waals surface area contributed by atoms with E-state index in [0.29, 0.717) is 11.3 Å². The van der Waals surface area contributed by atoms with E-state index in [1.165, 1.54) is 24.3 Å². The number of anilines is 2. The lowest BCUT2D eigenvalue weighted by atomic mass is 10.1. The molecule has 3 aromatic rings. The molecule has 0 bridgehead atoms. The maximum absolute atomic E-state index is 12.9. The number of fused-ring (bicyclic) bond motifs is 1. The van der Waals surface area contributed by atoms with Gasteiger partial charge in [0.2, 0.25) is 11.8 Å². The molecule has 1 saturated heterocycles. The smallest absolute Gasteiger partial charge is 0.314 e. The van der Waals surface area contributed by atoms with E-state index in [2.05, 4.69) is 14.7 Å². The number of amides is 2. The number of carbonyl (C=O) groups excluding carboxylic acids is 2. The molecule has 11 heteroatoms. The molecule has 2 aromatic carbocycles. The maximum Gasteiger partial charge on any atom is 0.314 e. The van der Waals surface area contributed by atoms with Crippen LogP contribution in [0.1, 0.15) is 18.4 Å². The number of nitrogens with one attached hydrogen (secondary N) is 3. The van der Waals surface area contributed by atoms with Crippen LogP contribution in [0.15, 0.2) is 50.9 Å². The summed E-state index contributed by atoms with van der Waals surface area (Å²) >= 11 is 0. The van der Waals surface area contributed by atoms with Crippen molar-refractivity contribution in [3.63, 3.8) is 0 Å². The first-order chi connectivity index (χ1) is 14.2. The predicted octanol–water partition coefficient (Wildman–Crippen LogP) is 0.979. The molecule has 3 N–H and O–H groups in total. The van der Waals surface area contributed by atoms with Crippen molar-refractivity contribution < 1.29 is 18.0 Å². The van der Waals surface area contributed by atoms with E-state index in [0.717, 1.165) is 4.90 Å². The molecule has 2 amide bonds. The van der Waals surface area contributed by atoms with Gasteiger partial charge >= 0.3 is 11.1 Å². The largest absolute Gasteiger partial charge is 0.316 e. The molecule has 4 rings (SSSR count). The number of imide groups is 1. The van der Waals surface area contributed by atoms with E-state index in [1.807, 2.05) is 0 Å². The van der Waals surface area contributed by atoms with E-state index < -0.39 is 21.1 Å². The predicted molar refractivity (Wildman–Crippen MR) is 109 cm³/mol. The molecule has 1 aromatic heterocycles. The maximum atomic E-state index is 12.9.